The first-order valence-corrected chi connectivity index (χ1v) is 6.32. The van der Waals surface area contributed by atoms with Crippen LogP contribution in [0.3, 0.4) is 0 Å². The SMILES string of the molecule is COC(=O)c1cnc(C)n1Cc1cncn1C1CC1. The lowest BCUT2D eigenvalue weighted by molar-refractivity contribution is 0.0588. The summed E-state index contributed by atoms with van der Waals surface area (Å²) in [7, 11) is 1.38. The van der Waals surface area contributed by atoms with Crippen molar-refractivity contribution in [3.63, 3.8) is 0 Å². The number of aromatic nitrogens is 4. The van der Waals surface area contributed by atoms with E-state index in [2.05, 4.69) is 14.5 Å². The minimum atomic E-state index is -0.363. The first kappa shape index (κ1) is 12.0. The number of carbonyl (C=O) groups is 1. The number of hydrogen-bond acceptors (Lipinski definition) is 4. The first-order valence-electron chi connectivity index (χ1n) is 6.32. The maximum atomic E-state index is 11.7. The summed E-state index contributed by atoms with van der Waals surface area (Å²) in [6, 6.07) is 0.572. The van der Waals surface area contributed by atoms with Gasteiger partial charge in [-0.25, -0.2) is 14.8 Å². The molecule has 0 spiro atoms. The van der Waals surface area contributed by atoms with E-state index in [1.165, 1.54) is 20.0 Å². The molecule has 6 nitrogen and oxygen atoms in total. The third-order valence-corrected chi connectivity index (χ3v) is 3.46. The van der Waals surface area contributed by atoms with Gasteiger partial charge in [0.15, 0.2) is 0 Å². The lowest BCUT2D eigenvalue weighted by atomic mass is 10.4. The van der Waals surface area contributed by atoms with Gasteiger partial charge >= 0.3 is 5.97 Å². The average Bonchev–Trinajstić information content (AvgIpc) is 3.06. The largest absolute Gasteiger partial charge is 0.464 e. The fraction of sp³-hybridized carbons (Fsp3) is 0.462. The van der Waals surface area contributed by atoms with Crippen LogP contribution in [0.1, 0.15) is 40.9 Å². The van der Waals surface area contributed by atoms with Crippen molar-refractivity contribution >= 4 is 5.97 Å². The number of methoxy groups -OCH3 is 1. The Balaban J connectivity index is 1.92. The lowest BCUT2D eigenvalue weighted by Crippen LogP contribution is -2.14. The van der Waals surface area contributed by atoms with Crippen LogP contribution in [0.15, 0.2) is 18.7 Å². The van der Waals surface area contributed by atoms with E-state index in [-0.39, 0.29) is 5.97 Å². The average molecular weight is 260 g/mol. The normalized spacial score (nSPS) is 14.6. The van der Waals surface area contributed by atoms with Crippen LogP contribution in [0.5, 0.6) is 0 Å². The van der Waals surface area contributed by atoms with Crippen molar-refractivity contribution in [1.29, 1.82) is 0 Å². The lowest BCUT2D eigenvalue weighted by Gasteiger charge is -2.11. The molecule has 1 saturated carbocycles. The highest BCUT2D eigenvalue weighted by molar-refractivity contribution is 5.87. The smallest absolute Gasteiger partial charge is 0.356 e. The molecule has 0 amide bonds. The molecule has 1 aliphatic carbocycles. The monoisotopic (exact) mass is 260 g/mol. The van der Waals surface area contributed by atoms with Gasteiger partial charge < -0.3 is 13.9 Å². The van der Waals surface area contributed by atoms with E-state index < -0.39 is 0 Å². The molecule has 2 aromatic rings. The number of nitrogens with zero attached hydrogens (tertiary/aromatic N) is 4. The summed E-state index contributed by atoms with van der Waals surface area (Å²) in [5.41, 5.74) is 1.57. The van der Waals surface area contributed by atoms with Crippen LogP contribution < -0.4 is 0 Å². The van der Waals surface area contributed by atoms with Gasteiger partial charge in [-0.3, -0.25) is 0 Å². The van der Waals surface area contributed by atoms with E-state index in [0.29, 0.717) is 18.3 Å². The van der Waals surface area contributed by atoms with Crippen LogP contribution in [-0.4, -0.2) is 32.2 Å². The Kier molecular flexibility index (Phi) is 2.85. The maximum Gasteiger partial charge on any atom is 0.356 e. The third-order valence-electron chi connectivity index (χ3n) is 3.46. The molecule has 0 unspecified atom stereocenters. The maximum absolute atomic E-state index is 11.7. The summed E-state index contributed by atoms with van der Waals surface area (Å²) in [4.78, 5) is 20.1. The second-order valence-corrected chi connectivity index (χ2v) is 4.79. The van der Waals surface area contributed by atoms with Crippen LogP contribution in [0.4, 0.5) is 0 Å². The highest BCUT2D eigenvalue weighted by atomic mass is 16.5. The molecule has 19 heavy (non-hydrogen) atoms. The van der Waals surface area contributed by atoms with Gasteiger partial charge in [0, 0.05) is 12.2 Å². The predicted octanol–water partition coefficient (Wildman–Crippen LogP) is 1.56. The van der Waals surface area contributed by atoms with Gasteiger partial charge in [0.1, 0.15) is 11.5 Å². The fourth-order valence-corrected chi connectivity index (χ4v) is 2.23. The second kappa shape index (κ2) is 4.53. The zero-order chi connectivity index (χ0) is 13.4. The van der Waals surface area contributed by atoms with Crippen molar-refractivity contribution in [2.24, 2.45) is 0 Å². The fourth-order valence-electron chi connectivity index (χ4n) is 2.23. The molecule has 100 valence electrons. The number of hydrogen-bond donors (Lipinski definition) is 0. The molecular weight excluding hydrogens is 244 g/mol. The van der Waals surface area contributed by atoms with E-state index in [1.54, 1.807) is 6.20 Å². The van der Waals surface area contributed by atoms with E-state index in [0.717, 1.165) is 11.5 Å². The number of aryl methyl sites for hydroxylation is 1. The summed E-state index contributed by atoms with van der Waals surface area (Å²) in [5, 5.41) is 0. The quantitative estimate of drug-likeness (QED) is 0.783. The Hall–Kier alpha value is -2.11. The minimum Gasteiger partial charge on any atom is -0.464 e. The molecule has 2 heterocycles. The Morgan fingerprint density at radius 3 is 2.95 bits per heavy atom. The van der Waals surface area contributed by atoms with Crippen LogP contribution >= 0.6 is 0 Å². The first-order chi connectivity index (χ1) is 9.20. The zero-order valence-electron chi connectivity index (χ0n) is 11.0. The molecule has 1 aliphatic rings. The summed E-state index contributed by atoms with van der Waals surface area (Å²) in [5.74, 6) is 0.432. The van der Waals surface area contributed by atoms with Crippen molar-refractivity contribution in [3.8, 4) is 0 Å². The molecule has 0 atom stereocenters. The third kappa shape index (κ3) is 2.14. The molecule has 6 heteroatoms. The standard InChI is InChI=1S/C13H16N4O2/c1-9-15-6-12(13(18)19-2)16(9)7-11-5-14-8-17(11)10-3-4-10/h5-6,8,10H,3-4,7H2,1-2H3. The van der Waals surface area contributed by atoms with Gasteiger partial charge in [-0.15, -0.1) is 0 Å². The Labute approximate surface area is 111 Å². The molecule has 0 N–H and O–H groups in total. The van der Waals surface area contributed by atoms with Gasteiger partial charge in [0.05, 0.1) is 31.9 Å². The van der Waals surface area contributed by atoms with Crippen molar-refractivity contribution in [3.05, 3.63) is 35.9 Å². The Morgan fingerprint density at radius 1 is 1.47 bits per heavy atom. The van der Waals surface area contributed by atoms with Crippen molar-refractivity contribution in [2.75, 3.05) is 7.11 Å². The predicted molar refractivity (Wildman–Crippen MR) is 67.9 cm³/mol. The van der Waals surface area contributed by atoms with E-state index in [1.807, 2.05) is 24.0 Å². The van der Waals surface area contributed by atoms with Crippen LogP contribution in [0, 0.1) is 6.92 Å². The van der Waals surface area contributed by atoms with Crippen LogP contribution in [0.2, 0.25) is 0 Å². The minimum absolute atomic E-state index is 0.363. The Bertz CT molecular complexity index is 610. The number of imidazole rings is 2. The summed E-state index contributed by atoms with van der Waals surface area (Å²) < 4.78 is 8.82. The molecule has 0 aliphatic heterocycles. The molecule has 2 aromatic heterocycles. The van der Waals surface area contributed by atoms with E-state index in [9.17, 15) is 4.79 Å². The number of ether oxygens (including phenoxy) is 1. The molecule has 1 fully saturated rings. The van der Waals surface area contributed by atoms with Gasteiger partial charge in [-0.2, -0.15) is 0 Å². The van der Waals surface area contributed by atoms with E-state index >= 15 is 0 Å². The van der Waals surface area contributed by atoms with E-state index in [4.69, 9.17) is 4.74 Å². The summed E-state index contributed by atoms with van der Waals surface area (Å²) in [6.45, 7) is 2.47. The van der Waals surface area contributed by atoms with Gasteiger partial charge in [0.25, 0.3) is 0 Å². The number of esters is 1. The van der Waals surface area contributed by atoms with Gasteiger partial charge in [-0.05, 0) is 19.8 Å². The van der Waals surface area contributed by atoms with Crippen molar-refractivity contribution in [2.45, 2.75) is 32.4 Å². The number of rotatable bonds is 4. The van der Waals surface area contributed by atoms with Crippen LogP contribution in [-0.2, 0) is 11.3 Å². The highest BCUT2D eigenvalue weighted by Gasteiger charge is 2.26. The summed E-state index contributed by atoms with van der Waals surface area (Å²) in [6.07, 6.45) is 7.67. The number of carbonyl (C=O) groups excluding carboxylic acids is 1. The van der Waals surface area contributed by atoms with Crippen molar-refractivity contribution in [1.82, 2.24) is 19.1 Å². The molecule has 0 saturated heterocycles. The topological polar surface area (TPSA) is 61.9 Å². The molecule has 3 rings (SSSR count). The highest BCUT2D eigenvalue weighted by Crippen LogP contribution is 2.35. The molecule has 0 bridgehead atoms. The van der Waals surface area contributed by atoms with Crippen LogP contribution in [0.25, 0.3) is 0 Å². The Morgan fingerprint density at radius 2 is 2.26 bits per heavy atom. The van der Waals surface area contributed by atoms with Gasteiger partial charge in [0.2, 0.25) is 0 Å². The van der Waals surface area contributed by atoms with Gasteiger partial charge in [-0.1, -0.05) is 0 Å². The molecule has 0 aromatic carbocycles. The summed E-state index contributed by atoms with van der Waals surface area (Å²) >= 11 is 0. The second-order valence-electron chi connectivity index (χ2n) is 4.79. The molecule has 0 radical (unpaired) electrons. The zero-order valence-corrected chi connectivity index (χ0v) is 11.0. The molecular formula is C13H16N4O2. The van der Waals surface area contributed by atoms with Crippen molar-refractivity contribution < 1.29 is 9.53 Å².